The first-order chi connectivity index (χ1) is 8.47. The van der Waals surface area contributed by atoms with Crippen LogP contribution < -0.4 is 4.72 Å². The van der Waals surface area contributed by atoms with Crippen LogP contribution in [0.1, 0.15) is 0 Å². The van der Waals surface area contributed by atoms with Gasteiger partial charge in [-0.3, -0.25) is 4.72 Å². The Bertz CT molecular complexity index is 661. The van der Waals surface area contributed by atoms with Gasteiger partial charge in [0, 0.05) is 10.7 Å². The van der Waals surface area contributed by atoms with Crippen LogP contribution >= 0.6 is 27.5 Å². The molecule has 0 saturated carbocycles. The Morgan fingerprint density at radius 2 is 1.83 bits per heavy atom. The van der Waals surface area contributed by atoms with Gasteiger partial charge in [-0.1, -0.05) is 15.9 Å². The summed E-state index contributed by atoms with van der Waals surface area (Å²) in [5, 5.41) is -0.0222. The molecule has 0 unspecified atom stereocenters. The molecule has 2 aromatic rings. The van der Waals surface area contributed by atoms with Crippen molar-refractivity contribution in [1.82, 2.24) is 9.97 Å². The number of hydrogen-bond acceptors (Lipinski definition) is 4. The Hall–Kier alpha value is -1.18. The minimum atomic E-state index is -3.67. The van der Waals surface area contributed by atoms with Crippen molar-refractivity contribution in [3.8, 4) is 0 Å². The molecule has 0 atom stereocenters. The molecular weight excluding hydrogens is 342 g/mol. The molecular formula is C10H7BrClN3O2S. The van der Waals surface area contributed by atoms with Crippen LogP contribution in [-0.2, 0) is 10.0 Å². The van der Waals surface area contributed by atoms with Gasteiger partial charge in [-0.2, -0.15) is 4.98 Å². The number of aromatic nitrogens is 2. The summed E-state index contributed by atoms with van der Waals surface area (Å²) in [7, 11) is -3.67. The molecule has 0 fully saturated rings. The fourth-order valence-corrected chi connectivity index (χ4v) is 2.62. The second-order valence-electron chi connectivity index (χ2n) is 3.27. The van der Waals surface area contributed by atoms with E-state index >= 15 is 0 Å². The fourth-order valence-electron chi connectivity index (χ4n) is 1.20. The number of nitrogens with one attached hydrogen (secondary N) is 1. The number of nitrogens with zero attached hydrogens (tertiary/aromatic N) is 2. The van der Waals surface area contributed by atoms with Crippen molar-refractivity contribution in [2.45, 2.75) is 4.90 Å². The van der Waals surface area contributed by atoms with Gasteiger partial charge in [0.25, 0.3) is 10.0 Å². The van der Waals surface area contributed by atoms with E-state index in [0.717, 1.165) is 4.47 Å². The molecule has 8 heteroatoms. The smallest absolute Gasteiger partial charge is 0.263 e. The van der Waals surface area contributed by atoms with Crippen LogP contribution in [0.3, 0.4) is 0 Å². The molecule has 1 aromatic carbocycles. The standard InChI is InChI=1S/C10H7BrClN3O2S/c11-7-1-3-8(4-2-7)18(16,17)15-9-5-6-13-10(12)14-9/h1-6H,(H,13,14,15). The highest BCUT2D eigenvalue weighted by Crippen LogP contribution is 2.17. The molecule has 0 aliphatic heterocycles. The van der Waals surface area contributed by atoms with Gasteiger partial charge in [0.05, 0.1) is 4.90 Å². The minimum absolute atomic E-state index is 0.0222. The molecule has 0 aliphatic carbocycles. The van der Waals surface area contributed by atoms with E-state index in [9.17, 15) is 8.42 Å². The Kier molecular flexibility index (Phi) is 3.84. The molecule has 1 heterocycles. The summed E-state index contributed by atoms with van der Waals surface area (Å²) in [6.07, 6.45) is 1.37. The monoisotopic (exact) mass is 347 g/mol. The lowest BCUT2D eigenvalue weighted by atomic mass is 10.4. The van der Waals surface area contributed by atoms with Crippen LogP contribution in [0.15, 0.2) is 45.9 Å². The van der Waals surface area contributed by atoms with E-state index in [2.05, 4.69) is 30.6 Å². The number of halogens is 2. The molecule has 0 saturated heterocycles. The van der Waals surface area contributed by atoms with Crippen LogP contribution in [0.5, 0.6) is 0 Å². The number of sulfonamides is 1. The van der Waals surface area contributed by atoms with Crippen LogP contribution in [0.2, 0.25) is 5.28 Å². The van der Waals surface area contributed by atoms with Crippen molar-refractivity contribution in [3.05, 3.63) is 46.3 Å². The second kappa shape index (κ2) is 5.21. The first-order valence-electron chi connectivity index (χ1n) is 4.74. The van der Waals surface area contributed by atoms with Gasteiger partial charge in [0.15, 0.2) is 0 Å². The first kappa shape index (κ1) is 13.3. The lowest BCUT2D eigenvalue weighted by molar-refractivity contribution is 0.601. The molecule has 18 heavy (non-hydrogen) atoms. The average Bonchev–Trinajstić information content (AvgIpc) is 2.29. The molecule has 0 amide bonds. The topological polar surface area (TPSA) is 72.0 Å². The maximum atomic E-state index is 12.0. The highest BCUT2D eigenvalue weighted by atomic mass is 79.9. The summed E-state index contributed by atoms with van der Waals surface area (Å²) in [4.78, 5) is 7.56. The van der Waals surface area contributed by atoms with E-state index in [4.69, 9.17) is 11.6 Å². The van der Waals surface area contributed by atoms with Crippen LogP contribution in [0, 0.1) is 0 Å². The molecule has 0 bridgehead atoms. The summed E-state index contributed by atoms with van der Waals surface area (Å²) in [6.45, 7) is 0. The predicted octanol–water partition coefficient (Wildman–Crippen LogP) is 2.69. The van der Waals surface area contributed by atoms with E-state index in [1.807, 2.05) is 0 Å². The fraction of sp³-hybridized carbons (Fsp3) is 0. The average molecular weight is 349 g/mol. The van der Waals surface area contributed by atoms with Crippen LogP contribution in [-0.4, -0.2) is 18.4 Å². The van der Waals surface area contributed by atoms with Crippen molar-refractivity contribution in [3.63, 3.8) is 0 Å². The molecule has 0 radical (unpaired) electrons. The largest absolute Gasteiger partial charge is 0.263 e. The van der Waals surface area contributed by atoms with E-state index in [1.54, 1.807) is 12.1 Å². The molecule has 0 aliphatic rings. The summed E-state index contributed by atoms with van der Waals surface area (Å²) in [6, 6.07) is 7.66. The Morgan fingerprint density at radius 3 is 2.44 bits per heavy atom. The molecule has 94 valence electrons. The van der Waals surface area contributed by atoms with Gasteiger partial charge in [-0.05, 0) is 41.9 Å². The predicted molar refractivity (Wildman–Crippen MR) is 72.0 cm³/mol. The van der Waals surface area contributed by atoms with Crippen LogP contribution in [0.25, 0.3) is 0 Å². The zero-order valence-corrected chi connectivity index (χ0v) is 12.0. The second-order valence-corrected chi connectivity index (χ2v) is 6.21. The molecule has 1 N–H and O–H groups in total. The molecule has 1 aromatic heterocycles. The summed E-state index contributed by atoms with van der Waals surface area (Å²) in [5.74, 6) is 0.123. The van der Waals surface area contributed by atoms with E-state index in [1.165, 1.54) is 24.4 Å². The maximum Gasteiger partial charge on any atom is 0.263 e. The van der Waals surface area contributed by atoms with Crippen molar-refractivity contribution < 1.29 is 8.42 Å². The third kappa shape index (κ3) is 3.18. The molecule has 0 spiro atoms. The zero-order chi connectivity index (χ0) is 13.2. The summed E-state index contributed by atoms with van der Waals surface area (Å²) < 4.78 is 27.1. The molecule has 2 rings (SSSR count). The summed E-state index contributed by atoms with van der Waals surface area (Å²) in [5.41, 5.74) is 0. The zero-order valence-electron chi connectivity index (χ0n) is 8.84. The Morgan fingerprint density at radius 1 is 1.17 bits per heavy atom. The lowest BCUT2D eigenvalue weighted by Crippen LogP contribution is -2.13. The van der Waals surface area contributed by atoms with Gasteiger partial charge in [0.2, 0.25) is 5.28 Å². The van der Waals surface area contributed by atoms with E-state index in [-0.39, 0.29) is 16.0 Å². The van der Waals surface area contributed by atoms with Crippen molar-refractivity contribution >= 4 is 43.4 Å². The van der Waals surface area contributed by atoms with Crippen molar-refractivity contribution in [2.24, 2.45) is 0 Å². The van der Waals surface area contributed by atoms with Gasteiger partial charge in [-0.25, -0.2) is 13.4 Å². The normalized spacial score (nSPS) is 11.2. The number of rotatable bonds is 3. The van der Waals surface area contributed by atoms with E-state index in [0.29, 0.717) is 0 Å². The van der Waals surface area contributed by atoms with Crippen molar-refractivity contribution in [1.29, 1.82) is 0 Å². The summed E-state index contributed by atoms with van der Waals surface area (Å²) >= 11 is 8.81. The van der Waals surface area contributed by atoms with Crippen LogP contribution in [0.4, 0.5) is 5.82 Å². The first-order valence-corrected chi connectivity index (χ1v) is 7.40. The van der Waals surface area contributed by atoms with Crippen molar-refractivity contribution in [2.75, 3.05) is 4.72 Å². The van der Waals surface area contributed by atoms with Gasteiger partial charge in [-0.15, -0.1) is 0 Å². The Labute approximate surface area is 117 Å². The Balaban J connectivity index is 2.30. The number of hydrogen-bond donors (Lipinski definition) is 1. The van der Waals surface area contributed by atoms with E-state index < -0.39 is 10.0 Å². The SMILES string of the molecule is O=S(=O)(Nc1ccnc(Cl)n1)c1ccc(Br)cc1. The lowest BCUT2D eigenvalue weighted by Gasteiger charge is -2.07. The minimum Gasteiger partial charge on any atom is -0.263 e. The third-order valence-electron chi connectivity index (χ3n) is 1.99. The number of anilines is 1. The highest BCUT2D eigenvalue weighted by molar-refractivity contribution is 9.10. The maximum absolute atomic E-state index is 12.0. The molecule has 5 nitrogen and oxygen atoms in total. The quantitative estimate of drug-likeness (QED) is 0.866. The highest BCUT2D eigenvalue weighted by Gasteiger charge is 2.14. The number of benzene rings is 1. The third-order valence-corrected chi connectivity index (χ3v) is 4.07. The van der Waals surface area contributed by atoms with Gasteiger partial charge < -0.3 is 0 Å². The van der Waals surface area contributed by atoms with Gasteiger partial charge in [0.1, 0.15) is 5.82 Å². The van der Waals surface area contributed by atoms with Gasteiger partial charge >= 0.3 is 0 Å².